The number of para-hydroxylation sites is 1. The average molecular weight is 306 g/mol. The number of likely N-dealkylation sites (N-methyl/N-ethyl adjacent to an activating group) is 1. The molecular formula is C14H14N2O2S2. The number of ether oxygens (including phenoxy) is 1. The third-order valence-electron chi connectivity index (χ3n) is 2.81. The molecule has 0 unspecified atom stereocenters. The van der Waals surface area contributed by atoms with Crippen LogP contribution < -0.4 is 4.90 Å². The molecule has 0 bridgehead atoms. The van der Waals surface area contributed by atoms with Crippen LogP contribution in [0.25, 0.3) is 0 Å². The van der Waals surface area contributed by atoms with Gasteiger partial charge in [0.2, 0.25) is 5.91 Å². The second kappa shape index (κ2) is 6.11. The van der Waals surface area contributed by atoms with Gasteiger partial charge in [0.1, 0.15) is 0 Å². The fourth-order valence-electron chi connectivity index (χ4n) is 1.82. The molecule has 1 saturated heterocycles. The summed E-state index contributed by atoms with van der Waals surface area (Å²) in [4.78, 5) is 15.5. The molecule has 104 valence electrons. The number of hydrogen-bond acceptors (Lipinski definition) is 4. The minimum atomic E-state index is -0.129. The van der Waals surface area contributed by atoms with Crippen LogP contribution in [0.4, 0.5) is 5.69 Å². The predicted molar refractivity (Wildman–Crippen MR) is 86.3 cm³/mol. The van der Waals surface area contributed by atoms with E-state index < -0.39 is 0 Å². The highest BCUT2D eigenvalue weighted by Crippen LogP contribution is 2.22. The van der Waals surface area contributed by atoms with Gasteiger partial charge >= 0.3 is 0 Å². The molecule has 1 aliphatic heterocycles. The molecule has 1 aromatic carbocycles. The highest BCUT2D eigenvalue weighted by molar-refractivity contribution is 7.82. The molecule has 1 heterocycles. The van der Waals surface area contributed by atoms with E-state index in [1.54, 1.807) is 11.1 Å². The van der Waals surface area contributed by atoms with Crippen molar-refractivity contribution in [3.8, 4) is 0 Å². The van der Waals surface area contributed by atoms with Crippen molar-refractivity contribution in [1.29, 1.82) is 0 Å². The molecule has 1 fully saturated rings. The lowest BCUT2D eigenvalue weighted by Crippen LogP contribution is -2.27. The molecule has 0 radical (unpaired) electrons. The predicted octanol–water partition coefficient (Wildman–Crippen LogP) is 2.85. The van der Waals surface area contributed by atoms with E-state index in [0.29, 0.717) is 22.5 Å². The second-order valence-corrected chi connectivity index (χ2v) is 4.87. The van der Waals surface area contributed by atoms with Gasteiger partial charge in [0.15, 0.2) is 10.7 Å². The maximum absolute atomic E-state index is 11.8. The number of carbonyl (C=O) groups excluding carboxylic acids is 1. The Morgan fingerprint density at radius 3 is 2.50 bits per heavy atom. The van der Waals surface area contributed by atoms with Gasteiger partial charge < -0.3 is 4.74 Å². The van der Waals surface area contributed by atoms with Crippen molar-refractivity contribution < 1.29 is 9.53 Å². The van der Waals surface area contributed by atoms with E-state index in [1.165, 1.54) is 11.8 Å². The van der Waals surface area contributed by atoms with Crippen LogP contribution in [0.5, 0.6) is 0 Å². The zero-order valence-corrected chi connectivity index (χ0v) is 12.8. The van der Waals surface area contributed by atoms with Crippen LogP contribution in [0.3, 0.4) is 0 Å². The van der Waals surface area contributed by atoms with Gasteiger partial charge in [0.25, 0.3) is 5.17 Å². The minimum absolute atomic E-state index is 0.129. The van der Waals surface area contributed by atoms with Gasteiger partial charge in [-0.3, -0.25) is 14.6 Å². The van der Waals surface area contributed by atoms with Crippen molar-refractivity contribution >= 4 is 46.2 Å². The van der Waals surface area contributed by atoms with Crippen LogP contribution in [-0.4, -0.2) is 27.5 Å². The van der Waals surface area contributed by atoms with E-state index in [-0.39, 0.29) is 5.91 Å². The first-order valence-corrected chi connectivity index (χ1v) is 6.96. The van der Waals surface area contributed by atoms with Crippen molar-refractivity contribution in [3.63, 3.8) is 0 Å². The molecule has 0 aromatic heterocycles. The number of rotatable bonds is 3. The topological polar surface area (TPSA) is 32.8 Å². The first-order chi connectivity index (χ1) is 9.54. The smallest absolute Gasteiger partial charge is 0.270 e. The first kappa shape index (κ1) is 14.6. The fourth-order valence-corrected chi connectivity index (χ4v) is 2.49. The number of amides is 1. The normalized spacial score (nSPS) is 16.5. The maximum Gasteiger partial charge on any atom is 0.270 e. The van der Waals surface area contributed by atoms with E-state index in [4.69, 9.17) is 29.2 Å². The van der Waals surface area contributed by atoms with Gasteiger partial charge in [-0.05, 0) is 31.3 Å². The molecule has 0 spiro atoms. The van der Waals surface area contributed by atoms with Crippen LogP contribution in [0.2, 0.25) is 0 Å². The van der Waals surface area contributed by atoms with Crippen molar-refractivity contribution in [2.75, 3.05) is 11.4 Å². The minimum Gasteiger partial charge on any atom is -0.427 e. The van der Waals surface area contributed by atoms with Gasteiger partial charge in [0.05, 0.1) is 6.20 Å². The van der Waals surface area contributed by atoms with E-state index in [2.05, 4.69) is 0 Å². The molecule has 0 atom stereocenters. The van der Waals surface area contributed by atoms with E-state index in [1.807, 2.05) is 37.3 Å². The number of carbonyl (C=O) groups is 1. The third kappa shape index (κ3) is 2.86. The van der Waals surface area contributed by atoms with Crippen LogP contribution in [-0.2, 0) is 9.53 Å². The Hall–Kier alpha value is -1.79. The summed E-state index contributed by atoms with van der Waals surface area (Å²) in [5.41, 5.74) is 0.750. The Labute approximate surface area is 128 Å². The van der Waals surface area contributed by atoms with Crippen LogP contribution >= 0.6 is 24.4 Å². The molecule has 0 saturated carbocycles. The highest BCUT2D eigenvalue weighted by atomic mass is 32.1. The summed E-state index contributed by atoms with van der Waals surface area (Å²) in [5, 5.41) is 0.320. The molecule has 1 amide bonds. The number of anilines is 1. The summed E-state index contributed by atoms with van der Waals surface area (Å²) in [5.74, 6) is 0.293. The number of hydrogen-bond donors (Lipinski definition) is 0. The van der Waals surface area contributed by atoms with Crippen LogP contribution in [0.15, 0.2) is 42.3 Å². The lowest BCUT2D eigenvalue weighted by Gasteiger charge is -2.16. The fraction of sp³-hybridized carbons (Fsp3) is 0.214. The molecule has 0 aliphatic carbocycles. The second-order valence-electron chi connectivity index (χ2n) is 4.14. The molecular weight excluding hydrogens is 292 g/mol. The average Bonchev–Trinajstić information content (AvgIpc) is 2.70. The van der Waals surface area contributed by atoms with Gasteiger partial charge in [-0.15, -0.1) is 0 Å². The standard InChI is InChI=1S/C14H14N2O2S2/c1-3-15-13(19)12(18-14(15)20)9-16(10(2)17)11-7-5-4-6-8-11/h4-9H,3H2,1-2H3. The van der Waals surface area contributed by atoms with Crippen molar-refractivity contribution in [2.24, 2.45) is 0 Å². The van der Waals surface area contributed by atoms with Crippen LogP contribution in [0, 0.1) is 0 Å². The SMILES string of the molecule is CCN1C(=S)OC(=CN(C(C)=O)c2ccccc2)C1=S. The lowest BCUT2D eigenvalue weighted by molar-refractivity contribution is -0.116. The van der Waals surface area contributed by atoms with Crippen molar-refractivity contribution in [1.82, 2.24) is 4.90 Å². The zero-order valence-electron chi connectivity index (χ0n) is 11.2. The van der Waals surface area contributed by atoms with E-state index in [9.17, 15) is 4.79 Å². The molecule has 2 rings (SSSR count). The summed E-state index contributed by atoms with van der Waals surface area (Å²) >= 11 is 10.4. The Morgan fingerprint density at radius 2 is 2.00 bits per heavy atom. The number of nitrogens with zero attached hydrogens (tertiary/aromatic N) is 2. The molecule has 1 aromatic rings. The Bertz CT molecular complexity index is 584. The maximum atomic E-state index is 11.8. The van der Waals surface area contributed by atoms with Crippen LogP contribution in [0.1, 0.15) is 13.8 Å². The number of thiocarbonyl (C=S) groups is 2. The summed E-state index contributed by atoms with van der Waals surface area (Å²) in [6, 6.07) is 9.29. The zero-order chi connectivity index (χ0) is 14.7. The van der Waals surface area contributed by atoms with Crippen molar-refractivity contribution in [2.45, 2.75) is 13.8 Å². The summed E-state index contributed by atoms with van der Waals surface area (Å²) < 4.78 is 5.46. The van der Waals surface area contributed by atoms with E-state index in [0.717, 1.165) is 5.69 Å². The van der Waals surface area contributed by atoms with E-state index >= 15 is 0 Å². The monoisotopic (exact) mass is 306 g/mol. The van der Waals surface area contributed by atoms with Gasteiger partial charge in [-0.25, -0.2) is 0 Å². The largest absolute Gasteiger partial charge is 0.427 e. The summed E-state index contributed by atoms with van der Waals surface area (Å²) in [7, 11) is 0. The summed E-state index contributed by atoms with van der Waals surface area (Å²) in [6.45, 7) is 4.06. The van der Waals surface area contributed by atoms with Gasteiger partial charge in [-0.2, -0.15) is 0 Å². The van der Waals surface area contributed by atoms with Gasteiger partial charge in [0, 0.05) is 19.2 Å². The highest BCUT2D eigenvalue weighted by Gasteiger charge is 2.29. The third-order valence-corrected chi connectivity index (χ3v) is 3.54. The van der Waals surface area contributed by atoms with Gasteiger partial charge in [-0.1, -0.05) is 30.4 Å². The molecule has 20 heavy (non-hydrogen) atoms. The Balaban J connectivity index is 2.34. The molecule has 1 aliphatic rings. The lowest BCUT2D eigenvalue weighted by atomic mass is 10.3. The first-order valence-electron chi connectivity index (χ1n) is 6.15. The molecule has 4 nitrogen and oxygen atoms in total. The summed E-state index contributed by atoms with van der Waals surface area (Å²) in [6.07, 6.45) is 1.59. The molecule has 6 heteroatoms. The Kier molecular flexibility index (Phi) is 4.46. The number of benzene rings is 1. The molecule has 0 N–H and O–H groups in total. The van der Waals surface area contributed by atoms with Crippen molar-refractivity contribution in [3.05, 3.63) is 42.3 Å². The Morgan fingerprint density at radius 1 is 1.35 bits per heavy atom. The quantitative estimate of drug-likeness (QED) is 0.633.